The van der Waals surface area contributed by atoms with Crippen molar-refractivity contribution in [1.82, 2.24) is 5.32 Å². The van der Waals surface area contributed by atoms with Crippen LogP contribution in [-0.2, 0) is 25.6 Å². The number of aryl methyl sites for hydroxylation is 1. The zero-order valence-electron chi connectivity index (χ0n) is 12.7. The predicted molar refractivity (Wildman–Crippen MR) is 80.9 cm³/mol. The van der Waals surface area contributed by atoms with E-state index in [0.29, 0.717) is 5.56 Å². The van der Waals surface area contributed by atoms with Crippen molar-refractivity contribution in [2.45, 2.75) is 18.9 Å². The van der Waals surface area contributed by atoms with Gasteiger partial charge in [-0.1, -0.05) is 23.4 Å². The normalized spacial score (nSPS) is 11.7. The third-order valence-corrected chi connectivity index (χ3v) is 2.97. The molecule has 0 unspecified atom stereocenters. The molecule has 0 aliphatic heterocycles. The molecule has 1 amide bonds. The lowest BCUT2D eigenvalue weighted by atomic mass is 10.0. The molecular formula is C14H17N3O6. The molecule has 1 rings (SSSR count). The summed E-state index contributed by atoms with van der Waals surface area (Å²) in [6.07, 6.45) is 1.24. The summed E-state index contributed by atoms with van der Waals surface area (Å²) in [6.45, 7) is 0. The first-order valence-electron chi connectivity index (χ1n) is 6.66. The highest BCUT2D eigenvalue weighted by molar-refractivity contribution is 6.26. The van der Waals surface area contributed by atoms with E-state index in [1.165, 1.54) is 20.3 Å². The van der Waals surface area contributed by atoms with Gasteiger partial charge in [-0.05, 0) is 12.8 Å². The smallest absolute Gasteiger partial charge is 0.328 e. The van der Waals surface area contributed by atoms with Crippen LogP contribution in [0.15, 0.2) is 29.4 Å². The Labute approximate surface area is 132 Å². The fourth-order valence-corrected chi connectivity index (χ4v) is 1.90. The van der Waals surface area contributed by atoms with Gasteiger partial charge in [0.2, 0.25) is 0 Å². The minimum atomic E-state index is -0.949. The van der Waals surface area contributed by atoms with Gasteiger partial charge >= 0.3 is 5.97 Å². The molecule has 1 aromatic rings. The zero-order chi connectivity index (χ0) is 17.2. The van der Waals surface area contributed by atoms with Crippen LogP contribution in [0.25, 0.3) is 0 Å². The van der Waals surface area contributed by atoms with Gasteiger partial charge < -0.3 is 14.9 Å². The first-order chi connectivity index (χ1) is 11.0. The van der Waals surface area contributed by atoms with Crippen LogP contribution in [-0.4, -0.2) is 43.3 Å². The molecule has 0 heterocycles. The molecule has 0 saturated carbocycles. The van der Waals surface area contributed by atoms with E-state index >= 15 is 0 Å². The van der Waals surface area contributed by atoms with E-state index in [1.807, 2.05) is 0 Å². The lowest BCUT2D eigenvalue weighted by molar-refractivity contribution is -0.385. The number of oxime groups is 1. The maximum atomic E-state index is 11.7. The molecule has 124 valence electrons. The summed E-state index contributed by atoms with van der Waals surface area (Å²) in [5.74, 6) is -1.28. The van der Waals surface area contributed by atoms with Crippen LogP contribution in [0.1, 0.15) is 12.0 Å². The number of nitrogens with zero attached hydrogens (tertiary/aromatic N) is 2. The Morgan fingerprint density at radius 3 is 2.70 bits per heavy atom. The molecular weight excluding hydrogens is 306 g/mol. The maximum absolute atomic E-state index is 11.7. The van der Waals surface area contributed by atoms with Crippen LogP contribution in [0.5, 0.6) is 0 Å². The molecule has 9 nitrogen and oxygen atoms in total. The van der Waals surface area contributed by atoms with Gasteiger partial charge in [0.15, 0.2) is 0 Å². The molecule has 0 spiro atoms. The van der Waals surface area contributed by atoms with E-state index in [-0.39, 0.29) is 18.5 Å². The quantitative estimate of drug-likeness (QED) is 0.327. The van der Waals surface area contributed by atoms with Gasteiger partial charge in [0.25, 0.3) is 11.6 Å². The van der Waals surface area contributed by atoms with Gasteiger partial charge in [0.1, 0.15) is 19.4 Å². The number of carbonyl (C=O) groups excluding carboxylic acids is 2. The lowest BCUT2D eigenvalue weighted by Gasteiger charge is -2.15. The first kappa shape index (κ1) is 18.1. The second-order valence-electron chi connectivity index (χ2n) is 4.43. The Morgan fingerprint density at radius 1 is 1.39 bits per heavy atom. The van der Waals surface area contributed by atoms with Crippen LogP contribution in [0, 0.1) is 10.1 Å². The minimum Gasteiger partial charge on any atom is -0.467 e. The van der Waals surface area contributed by atoms with Crippen molar-refractivity contribution in [3.05, 3.63) is 39.9 Å². The fourth-order valence-electron chi connectivity index (χ4n) is 1.90. The molecule has 1 atom stereocenters. The van der Waals surface area contributed by atoms with Crippen molar-refractivity contribution in [2.24, 2.45) is 5.16 Å². The summed E-state index contributed by atoms with van der Waals surface area (Å²) >= 11 is 0. The zero-order valence-corrected chi connectivity index (χ0v) is 12.7. The summed E-state index contributed by atoms with van der Waals surface area (Å²) in [5.41, 5.74) is 0.426. The lowest BCUT2D eigenvalue weighted by Crippen LogP contribution is -2.42. The monoisotopic (exact) mass is 323 g/mol. The van der Waals surface area contributed by atoms with Crippen molar-refractivity contribution in [1.29, 1.82) is 0 Å². The van der Waals surface area contributed by atoms with Crippen LogP contribution < -0.4 is 5.32 Å². The molecule has 0 aliphatic rings. The van der Waals surface area contributed by atoms with E-state index in [0.717, 1.165) is 6.21 Å². The number of ether oxygens (including phenoxy) is 1. The highest BCUT2D eigenvalue weighted by Gasteiger charge is 2.22. The number of nitro groups is 1. The van der Waals surface area contributed by atoms with E-state index < -0.39 is 22.8 Å². The van der Waals surface area contributed by atoms with Crippen LogP contribution in [0.3, 0.4) is 0 Å². The predicted octanol–water partition coefficient (Wildman–Crippen LogP) is 0.817. The molecule has 0 aromatic heterocycles. The number of carbonyl (C=O) groups is 2. The summed E-state index contributed by atoms with van der Waals surface area (Å²) < 4.78 is 4.62. The SMILES string of the molecule is CO/N=C/C(=O)N[C@@H](CCc1ccccc1[N+](=O)[O-])C(=O)OC. The Hall–Kier alpha value is -2.97. The third-order valence-electron chi connectivity index (χ3n) is 2.97. The van der Waals surface area contributed by atoms with E-state index in [2.05, 4.69) is 20.0 Å². The molecule has 23 heavy (non-hydrogen) atoms. The van der Waals surface area contributed by atoms with Gasteiger partial charge in [-0.15, -0.1) is 0 Å². The average Bonchev–Trinajstić information content (AvgIpc) is 2.56. The third kappa shape index (κ3) is 5.73. The van der Waals surface area contributed by atoms with E-state index in [9.17, 15) is 19.7 Å². The number of hydrogen-bond acceptors (Lipinski definition) is 7. The van der Waals surface area contributed by atoms with Gasteiger partial charge in [0.05, 0.1) is 12.0 Å². The highest BCUT2D eigenvalue weighted by Crippen LogP contribution is 2.19. The second kappa shape index (κ2) is 9.13. The summed E-state index contributed by atoms with van der Waals surface area (Å²) in [4.78, 5) is 38.1. The number of amides is 1. The highest BCUT2D eigenvalue weighted by atomic mass is 16.6. The molecule has 1 N–H and O–H groups in total. The number of hydrogen-bond donors (Lipinski definition) is 1. The van der Waals surface area contributed by atoms with Crippen LogP contribution in [0.4, 0.5) is 5.69 Å². The summed E-state index contributed by atoms with van der Waals surface area (Å²) in [6, 6.07) is 5.25. The Morgan fingerprint density at radius 2 is 2.09 bits per heavy atom. The number of nitro benzene ring substituents is 1. The molecule has 0 aliphatic carbocycles. The number of esters is 1. The largest absolute Gasteiger partial charge is 0.467 e. The molecule has 0 saturated heterocycles. The summed E-state index contributed by atoms with van der Waals surface area (Å²) in [7, 11) is 2.46. The van der Waals surface area contributed by atoms with Crippen LogP contribution >= 0.6 is 0 Å². The topological polar surface area (TPSA) is 120 Å². The Kier molecular flexibility index (Phi) is 7.18. The Balaban J connectivity index is 2.79. The molecule has 9 heteroatoms. The molecule has 1 aromatic carbocycles. The van der Waals surface area contributed by atoms with E-state index in [4.69, 9.17) is 0 Å². The summed E-state index contributed by atoms with van der Waals surface area (Å²) in [5, 5.41) is 16.7. The average molecular weight is 323 g/mol. The van der Waals surface area contributed by atoms with Gasteiger partial charge in [-0.3, -0.25) is 14.9 Å². The van der Waals surface area contributed by atoms with Gasteiger partial charge in [0, 0.05) is 11.6 Å². The Bertz CT molecular complexity index is 602. The number of rotatable bonds is 8. The van der Waals surface area contributed by atoms with Crippen molar-refractivity contribution < 1.29 is 24.1 Å². The number of nitrogens with one attached hydrogen (secondary N) is 1. The molecule has 0 fully saturated rings. The van der Waals surface area contributed by atoms with Crippen molar-refractivity contribution >= 4 is 23.8 Å². The number of para-hydroxylation sites is 1. The number of methoxy groups -OCH3 is 1. The first-order valence-corrected chi connectivity index (χ1v) is 6.66. The maximum Gasteiger partial charge on any atom is 0.328 e. The standard InChI is InChI=1S/C14H17N3O6/c1-22-14(19)11(16-13(18)9-15-23-2)8-7-10-5-3-4-6-12(10)17(20)21/h3-6,9,11H,7-8H2,1-2H3,(H,16,18)/b15-9+/t11-/m0/s1. The van der Waals surface area contributed by atoms with Gasteiger partial charge in [-0.2, -0.15) is 0 Å². The van der Waals surface area contributed by atoms with Crippen molar-refractivity contribution in [3.8, 4) is 0 Å². The van der Waals surface area contributed by atoms with Gasteiger partial charge in [-0.25, -0.2) is 4.79 Å². The van der Waals surface area contributed by atoms with Crippen LogP contribution in [0.2, 0.25) is 0 Å². The molecule has 0 bridgehead atoms. The van der Waals surface area contributed by atoms with Crippen molar-refractivity contribution in [2.75, 3.05) is 14.2 Å². The van der Waals surface area contributed by atoms with Crippen molar-refractivity contribution in [3.63, 3.8) is 0 Å². The number of benzene rings is 1. The minimum absolute atomic E-state index is 0.0385. The van der Waals surface area contributed by atoms with E-state index in [1.54, 1.807) is 18.2 Å². The molecule has 0 radical (unpaired) electrons. The second-order valence-corrected chi connectivity index (χ2v) is 4.43. The fraction of sp³-hybridized carbons (Fsp3) is 0.357.